The normalized spacial score (nSPS) is 10.7. The van der Waals surface area contributed by atoms with Gasteiger partial charge in [-0.15, -0.1) is 6.42 Å². The number of oxazole rings is 1. The molecule has 0 aliphatic heterocycles. The highest BCUT2D eigenvalue weighted by atomic mass is 16.5. The van der Waals surface area contributed by atoms with Crippen LogP contribution in [-0.2, 0) is 9.59 Å². The first-order chi connectivity index (χ1) is 12.5. The molecule has 2 amide bonds. The number of ether oxygens (including phenoxy) is 1. The molecule has 7 nitrogen and oxygen atoms in total. The second-order valence-electron chi connectivity index (χ2n) is 5.62. The molecule has 7 heteroatoms. The maximum Gasteiger partial charge on any atom is 0.313 e. The van der Waals surface area contributed by atoms with E-state index in [0.29, 0.717) is 35.6 Å². The van der Waals surface area contributed by atoms with Crippen LogP contribution in [-0.4, -0.2) is 29.4 Å². The Morgan fingerprint density at radius 2 is 2.04 bits per heavy atom. The molecule has 136 valence electrons. The van der Waals surface area contributed by atoms with E-state index < -0.39 is 17.4 Å². The van der Waals surface area contributed by atoms with Gasteiger partial charge in [-0.2, -0.15) is 0 Å². The van der Waals surface area contributed by atoms with Gasteiger partial charge in [-0.3, -0.25) is 9.59 Å². The first-order valence-corrected chi connectivity index (χ1v) is 8.16. The van der Waals surface area contributed by atoms with Crippen molar-refractivity contribution in [2.24, 2.45) is 0 Å². The van der Waals surface area contributed by atoms with Gasteiger partial charge >= 0.3 is 11.8 Å². The first kappa shape index (κ1) is 19.1. The number of amides is 2. The Morgan fingerprint density at radius 3 is 2.58 bits per heavy atom. The zero-order valence-electron chi connectivity index (χ0n) is 15.0. The number of terminal acetylenes is 1. The molecular formula is C19H21N3O4. The van der Waals surface area contributed by atoms with Crippen molar-refractivity contribution in [3.63, 3.8) is 0 Å². The molecule has 0 bridgehead atoms. The largest absolute Gasteiger partial charge is 0.496 e. The molecule has 2 aromatic rings. The quantitative estimate of drug-likeness (QED) is 0.614. The highest BCUT2D eigenvalue weighted by Gasteiger charge is 2.28. The predicted octanol–water partition coefficient (Wildman–Crippen LogP) is 2.60. The molecule has 0 aliphatic rings. The van der Waals surface area contributed by atoms with Gasteiger partial charge in [0, 0.05) is 11.8 Å². The number of carbonyl (C=O) groups is 2. The Morgan fingerprint density at radius 1 is 1.31 bits per heavy atom. The number of methoxy groups -OCH3 is 1. The van der Waals surface area contributed by atoms with Gasteiger partial charge in [0.2, 0.25) is 0 Å². The average Bonchev–Trinajstić information content (AvgIpc) is 3.20. The van der Waals surface area contributed by atoms with E-state index in [0.717, 1.165) is 0 Å². The van der Waals surface area contributed by atoms with Crippen molar-refractivity contribution in [3.8, 4) is 29.4 Å². The second kappa shape index (κ2) is 8.21. The number of benzene rings is 1. The number of nitrogens with one attached hydrogen (secondary N) is 2. The van der Waals surface area contributed by atoms with Crippen molar-refractivity contribution in [2.75, 3.05) is 12.4 Å². The van der Waals surface area contributed by atoms with E-state index in [1.807, 2.05) is 13.8 Å². The van der Waals surface area contributed by atoms with Gasteiger partial charge in [0.15, 0.2) is 12.2 Å². The van der Waals surface area contributed by atoms with Crippen LogP contribution in [0.25, 0.3) is 11.3 Å². The monoisotopic (exact) mass is 355 g/mol. The molecule has 26 heavy (non-hydrogen) atoms. The van der Waals surface area contributed by atoms with Crippen LogP contribution in [0.1, 0.15) is 26.7 Å². The average molecular weight is 355 g/mol. The van der Waals surface area contributed by atoms with E-state index in [-0.39, 0.29) is 0 Å². The molecule has 0 aliphatic carbocycles. The highest BCUT2D eigenvalue weighted by Crippen LogP contribution is 2.32. The maximum absolute atomic E-state index is 12.2. The number of nitrogens with zero attached hydrogens (tertiary/aromatic N) is 1. The number of rotatable bonds is 6. The van der Waals surface area contributed by atoms with Gasteiger partial charge in [0.25, 0.3) is 0 Å². The van der Waals surface area contributed by atoms with Crippen molar-refractivity contribution in [3.05, 3.63) is 30.8 Å². The molecule has 2 N–H and O–H groups in total. The van der Waals surface area contributed by atoms with E-state index in [2.05, 4.69) is 21.5 Å². The summed E-state index contributed by atoms with van der Waals surface area (Å²) in [5.41, 5.74) is 0.253. The van der Waals surface area contributed by atoms with Crippen molar-refractivity contribution < 1.29 is 18.7 Å². The molecule has 1 aromatic heterocycles. The number of hydrogen-bond donors (Lipinski definition) is 2. The Kier molecular flexibility index (Phi) is 6.02. The Labute approximate surface area is 152 Å². The fraction of sp³-hybridized carbons (Fsp3) is 0.316. The van der Waals surface area contributed by atoms with Gasteiger partial charge in [0.05, 0.1) is 18.9 Å². The Bertz CT molecular complexity index is 818. The Balaban J connectivity index is 2.14. The summed E-state index contributed by atoms with van der Waals surface area (Å²) in [5, 5.41) is 5.16. The summed E-state index contributed by atoms with van der Waals surface area (Å²) in [5.74, 6) is 1.97. The van der Waals surface area contributed by atoms with Crippen LogP contribution in [0, 0.1) is 12.3 Å². The van der Waals surface area contributed by atoms with Crippen LogP contribution >= 0.6 is 0 Å². The standard InChI is InChI=1S/C19H21N3O4/c1-5-19(6-2,7-3)22-18(24)17(23)21-13-8-9-14(15(10-13)25-4)16-11-20-12-26-16/h1,8-12H,6-7H2,2-4H3,(H,21,23)(H,22,24). The molecule has 0 radical (unpaired) electrons. The summed E-state index contributed by atoms with van der Waals surface area (Å²) in [6, 6.07) is 4.94. The SMILES string of the molecule is C#CC(CC)(CC)NC(=O)C(=O)Nc1ccc(-c2cnco2)c(OC)c1. The lowest BCUT2D eigenvalue weighted by Gasteiger charge is -2.26. The van der Waals surface area contributed by atoms with E-state index in [1.165, 1.54) is 13.5 Å². The van der Waals surface area contributed by atoms with Crippen LogP contribution < -0.4 is 15.4 Å². The summed E-state index contributed by atoms with van der Waals surface area (Å²) >= 11 is 0. The predicted molar refractivity (Wildman–Crippen MR) is 97.4 cm³/mol. The van der Waals surface area contributed by atoms with Crippen molar-refractivity contribution >= 4 is 17.5 Å². The van der Waals surface area contributed by atoms with Crippen LogP contribution in [0.15, 0.2) is 35.2 Å². The first-order valence-electron chi connectivity index (χ1n) is 8.16. The summed E-state index contributed by atoms with van der Waals surface area (Å²) in [6.07, 6.45) is 9.42. The third kappa shape index (κ3) is 4.03. The summed E-state index contributed by atoms with van der Waals surface area (Å²) < 4.78 is 10.6. The number of carbonyl (C=O) groups excluding carboxylic acids is 2. The number of anilines is 1. The molecule has 0 saturated carbocycles. The highest BCUT2D eigenvalue weighted by molar-refractivity contribution is 6.39. The summed E-state index contributed by atoms with van der Waals surface area (Å²) in [7, 11) is 1.50. The molecule has 1 heterocycles. The van der Waals surface area contributed by atoms with Gasteiger partial charge < -0.3 is 19.8 Å². The third-order valence-corrected chi connectivity index (χ3v) is 4.20. The van der Waals surface area contributed by atoms with Gasteiger partial charge in [-0.1, -0.05) is 19.8 Å². The minimum atomic E-state index is -0.831. The smallest absolute Gasteiger partial charge is 0.313 e. The van der Waals surface area contributed by atoms with E-state index in [9.17, 15) is 9.59 Å². The number of aromatic nitrogens is 1. The number of hydrogen-bond acceptors (Lipinski definition) is 5. The van der Waals surface area contributed by atoms with Crippen molar-refractivity contribution in [2.45, 2.75) is 32.2 Å². The molecule has 0 spiro atoms. The molecule has 0 fully saturated rings. The lowest BCUT2D eigenvalue weighted by molar-refractivity contribution is -0.137. The summed E-state index contributed by atoms with van der Waals surface area (Å²) in [6.45, 7) is 3.71. The maximum atomic E-state index is 12.2. The zero-order valence-corrected chi connectivity index (χ0v) is 15.0. The van der Waals surface area contributed by atoms with E-state index in [1.54, 1.807) is 24.4 Å². The lowest BCUT2D eigenvalue weighted by atomic mass is 9.94. The fourth-order valence-electron chi connectivity index (χ4n) is 2.45. The molecule has 1 aromatic carbocycles. The lowest BCUT2D eigenvalue weighted by Crippen LogP contribution is -2.50. The summed E-state index contributed by atoms with van der Waals surface area (Å²) in [4.78, 5) is 28.2. The molecular weight excluding hydrogens is 334 g/mol. The molecule has 0 saturated heterocycles. The molecule has 2 rings (SSSR count). The van der Waals surface area contributed by atoms with Crippen LogP contribution in [0.5, 0.6) is 5.75 Å². The van der Waals surface area contributed by atoms with E-state index in [4.69, 9.17) is 15.6 Å². The van der Waals surface area contributed by atoms with Crippen LogP contribution in [0.4, 0.5) is 5.69 Å². The topological polar surface area (TPSA) is 93.5 Å². The van der Waals surface area contributed by atoms with E-state index >= 15 is 0 Å². The third-order valence-electron chi connectivity index (χ3n) is 4.20. The molecule has 0 unspecified atom stereocenters. The zero-order chi connectivity index (χ0) is 19.2. The van der Waals surface area contributed by atoms with Gasteiger partial charge in [0.1, 0.15) is 11.3 Å². The van der Waals surface area contributed by atoms with Crippen molar-refractivity contribution in [1.29, 1.82) is 0 Å². The molecule has 0 atom stereocenters. The van der Waals surface area contributed by atoms with Crippen molar-refractivity contribution in [1.82, 2.24) is 10.3 Å². The minimum absolute atomic E-state index is 0.407. The minimum Gasteiger partial charge on any atom is -0.496 e. The Hall–Kier alpha value is -3.27. The van der Waals surface area contributed by atoms with Gasteiger partial charge in [-0.05, 0) is 25.0 Å². The van der Waals surface area contributed by atoms with Gasteiger partial charge in [-0.25, -0.2) is 4.98 Å². The van der Waals surface area contributed by atoms with Crippen LogP contribution in [0.2, 0.25) is 0 Å². The fourth-order valence-corrected chi connectivity index (χ4v) is 2.45. The second-order valence-corrected chi connectivity index (χ2v) is 5.62. The van der Waals surface area contributed by atoms with Crippen LogP contribution in [0.3, 0.4) is 0 Å².